The molecule has 1 amide bonds. The summed E-state index contributed by atoms with van der Waals surface area (Å²) in [5.74, 6) is 0.614. The molecule has 1 spiro atoms. The van der Waals surface area contributed by atoms with Crippen molar-refractivity contribution >= 4 is 16.7 Å². The van der Waals surface area contributed by atoms with Gasteiger partial charge in [0.1, 0.15) is 5.69 Å². The van der Waals surface area contributed by atoms with Crippen molar-refractivity contribution in [1.29, 1.82) is 0 Å². The monoisotopic (exact) mass is 293 g/mol. The lowest BCUT2D eigenvalue weighted by molar-refractivity contribution is 0.0887. The van der Waals surface area contributed by atoms with Crippen LogP contribution in [0.3, 0.4) is 0 Å². The van der Waals surface area contributed by atoms with E-state index in [2.05, 4.69) is 15.2 Å². The third-order valence-corrected chi connectivity index (χ3v) is 5.82. The Bertz CT molecular complexity index is 768. The second-order valence-corrected chi connectivity index (χ2v) is 6.97. The fraction of sp³-hybridized carbons (Fsp3) is 0.444. The summed E-state index contributed by atoms with van der Waals surface area (Å²) < 4.78 is 0. The average molecular weight is 293 g/mol. The number of carbonyl (C=O) groups excluding carboxylic acids is 1. The zero-order valence-corrected chi connectivity index (χ0v) is 12.5. The van der Waals surface area contributed by atoms with Crippen LogP contribution in [0.5, 0.6) is 0 Å². The molecule has 3 heterocycles. The van der Waals surface area contributed by atoms with Crippen LogP contribution >= 0.6 is 0 Å². The van der Waals surface area contributed by atoms with Crippen LogP contribution < -0.4 is 5.32 Å². The first-order chi connectivity index (χ1) is 10.8. The van der Waals surface area contributed by atoms with Gasteiger partial charge in [0.15, 0.2) is 0 Å². The smallest absolute Gasteiger partial charge is 0.270 e. The van der Waals surface area contributed by atoms with Crippen molar-refractivity contribution < 1.29 is 4.79 Å². The lowest BCUT2D eigenvalue weighted by Gasteiger charge is -2.33. The fourth-order valence-electron chi connectivity index (χ4n) is 4.53. The van der Waals surface area contributed by atoms with E-state index in [0.29, 0.717) is 17.7 Å². The number of pyridine rings is 1. The van der Waals surface area contributed by atoms with Crippen molar-refractivity contribution in [3.63, 3.8) is 0 Å². The molecule has 3 fully saturated rings. The highest BCUT2D eigenvalue weighted by atomic mass is 16.2. The van der Waals surface area contributed by atoms with Crippen molar-refractivity contribution in [3.05, 3.63) is 42.2 Å². The fourth-order valence-corrected chi connectivity index (χ4v) is 4.53. The minimum Gasteiger partial charge on any atom is -0.346 e. The molecule has 1 aromatic carbocycles. The quantitative estimate of drug-likeness (QED) is 0.923. The van der Waals surface area contributed by atoms with E-state index >= 15 is 0 Å². The van der Waals surface area contributed by atoms with E-state index in [0.717, 1.165) is 17.3 Å². The second-order valence-electron chi connectivity index (χ2n) is 6.97. The Morgan fingerprint density at radius 2 is 2.09 bits per heavy atom. The number of benzene rings is 1. The molecule has 3 aliphatic rings. The molecule has 1 aliphatic carbocycles. The first kappa shape index (κ1) is 12.6. The number of aromatic nitrogens is 1. The third-order valence-electron chi connectivity index (χ3n) is 5.82. The number of amides is 1. The summed E-state index contributed by atoms with van der Waals surface area (Å²) in [6, 6.07) is 10.3. The van der Waals surface area contributed by atoms with Crippen LogP contribution in [-0.4, -0.2) is 40.5 Å². The molecule has 2 unspecified atom stereocenters. The van der Waals surface area contributed by atoms with E-state index in [4.69, 9.17) is 0 Å². The van der Waals surface area contributed by atoms with Gasteiger partial charge >= 0.3 is 0 Å². The zero-order valence-electron chi connectivity index (χ0n) is 12.5. The van der Waals surface area contributed by atoms with Crippen molar-refractivity contribution in [2.75, 3.05) is 13.1 Å². The Kier molecular flexibility index (Phi) is 2.46. The maximum Gasteiger partial charge on any atom is 0.270 e. The molecule has 2 bridgehead atoms. The van der Waals surface area contributed by atoms with Crippen LogP contribution in [0.15, 0.2) is 36.5 Å². The molecule has 1 aromatic heterocycles. The van der Waals surface area contributed by atoms with Gasteiger partial charge in [-0.3, -0.25) is 14.7 Å². The summed E-state index contributed by atoms with van der Waals surface area (Å²) >= 11 is 0. The largest absolute Gasteiger partial charge is 0.346 e. The summed E-state index contributed by atoms with van der Waals surface area (Å²) in [5, 5.41) is 5.44. The van der Waals surface area contributed by atoms with Gasteiger partial charge in [-0.2, -0.15) is 0 Å². The molecular weight excluding hydrogens is 274 g/mol. The zero-order chi connectivity index (χ0) is 14.7. The summed E-state index contributed by atoms with van der Waals surface area (Å²) in [6.07, 6.45) is 5.48. The third kappa shape index (κ3) is 1.67. The Morgan fingerprint density at radius 3 is 2.91 bits per heavy atom. The number of rotatable bonds is 2. The van der Waals surface area contributed by atoms with Gasteiger partial charge in [-0.15, -0.1) is 0 Å². The van der Waals surface area contributed by atoms with Crippen molar-refractivity contribution in [2.24, 2.45) is 5.92 Å². The number of hydrogen-bond donors (Lipinski definition) is 1. The topological polar surface area (TPSA) is 45.2 Å². The standard InChI is InChI=1S/C18H19N3O/c22-17(15-9-12-3-1-2-4-13(12)10-19-15)20-16-14-5-8-21(11-14)18(16)6-7-18/h1-4,9-10,14,16H,5-8,11H2,(H,20,22)/t14?,16-/m1/s1. The lowest BCUT2D eigenvalue weighted by Crippen LogP contribution is -2.52. The molecule has 3 atom stereocenters. The molecule has 112 valence electrons. The van der Waals surface area contributed by atoms with Crippen molar-refractivity contribution in [1.82, 2.24) is 15.2 Å². The molecule has 4 heteroatoms. The molecular formula is C18H19N3O. The van der Waals surface area contributed by atoms with Crippen LogP contribution in [0.2, 0.25) is 0 Å². The van der Waals surface area contributed by atoms with Crippen LogP contribution in [0.25, 0.3) is 10.8 Å². The van der Waals surface area contributed by atoms with Gasteiger partial charge in [0, 0.05) is 23.7 Å². The Labute approximate surface area is 129 Å². The number of piperidine rings is 1. The summed E-state index contributed by atoms with van der Waals surface area (Å²) in [5.41, 5.74) is 0.822. The molecule has 2 aromatic rings. The Hall–Kier alpha value is -1.94. The highest BCUT2D eigenvalue weighted by Gasteiger charge is 2.63. The number of hydrogen-bond acceptors (Lipinski definition) is 3. The van der Waals surface area contributed by atoms with Gasteiger partial charge < -0.3 is 5.32 Å². The summed E-state index contributed by atoms with van der Waals surface area (Å²) in [4.78, 5) is 19.6. The maximum absolute atomic E-state index is 12.6. The second kappa shape index (κ2) is 4.29. The minimum absolute atomic E-state index is 0.0178. The average Bonchev–Trinajstić information content (AvgIpc) is 3.10. The highest BCUT2D eigenvalue weighted by molar-refractivity contribution is 5.96. The van der Waals surface area contributed by atoms with Gasteiger partial charge in [-0.25, -0.2) is 0 Å². The molecule has 1 saturated carbocycles. The van der Waals surface area contributed by atoms with Crippen LogP contribution in [0.4, 0.5) is 0 Å². The number of carbonyl (C=O) groups is 1. The number of nitrogens with zero attached hydrogens (tertiary/aromatic N) is 2. The van der Waals surface area contributed by atoms with E-state index < -0.39 is 0 Å². The molecule has 0 radical (unpaired) electrons. The maximum atomic E-state index is 12.6. The van der Waals surface area contributed by atoms with Crippen LogP contribution in [-0.2, 0) is 0 Å². The van der Waals surface area contributed by atoms with Gasteiger partial charge in [0.2, 0.25) is 0 Å². The minimum atomic E-state index is -0.0178. The molecule has 4 nitrogen and oxygen atoms in total. The van der Waals surface area contributed by atoms with Crippen LogP contribution in [0, 0.1) is 5.92 Å². The van der Waals surface area contributed by atoms with E-state index in [1.54, 1.807) is 6.20 Å². The van der Waals surface area contributed by atoms with Gasteiger partial charge in [-0.1, -0.05) is 24.3 Å². The number of fused-ring (bicyclic) bond motifs is 4. The summed E-state index contributed by atoms with van der Waals surface area (Å²) in [7, 11) is 0. The van der Waals surface area contributed by atoms with Crippen molar-refractivity contribution in [2.45, 2.75) is 30.8 Å². The first-order valence-electron chi connectivity index (χ1n) is 8.17. The Balaban J connectivity index is 1.42. The van der Waals surface area contributed by atoms with E-state index in [-0.39, 0.29) is 11.4 Å². The molecule has 5 rings (SSSR count). The normalized spacial score (nSPS) is 30.8. The molecule has 2 aliphatic heterocycles. The molecule has 22 heavy (non-hydrogen) atoms. The predicted molar refractivity (Wildman–Crippen MR) is 84.6 cm³/mol. The van der Waals surface area contributed by atoms with Gasteiger partial charge in [0.05, 0.1) is 6.04 Å². The SMILES string of the molecule is O=C(N[C@@H]1C2CCN(C2)C12CC2)c1cc2ccccc2cn1. The first-order valence-corrected chi connectivity index (χ1v) is 8.17. The predicted octanol–water partition coefficient (Wildman–Crippen LogP) is 2.20. The Morgan fingerprint density at radius 1 is 1.27 bits per heavy atom. The van der Waals surface area contributed by atoms with Crippen molar-refractivity contribution in [3.8, 4) is 0 Å². The van der Waals surface area contributed by atoms with Gasteiger partial charge in [-0.05, 0) is 43.2 Å². The van der Waals surface area contributed by atoms with E-state index in [1.807, 2.05) is 30.3 Å². The number of nitrogens with one attached hydrogen (secondary N) is 1. The molecule has 2 saturated heterocycles. The van der Waals surface area contributed by atoms with Gasteiger partial charge in [0.25, 0.3) is 5.91 Å². The molecule has 1 N–H and O–H groups in total. The lowest BCUT2D eigenvalue weighted by atomic mass is 9.91. The highest BCUT2D eigenvalue weighted by Crippen LogP contribution is 2.55. The van der Waals surface area contributed by atoms with Crippen LogP contribution in [0.1, 0.15) is 29.8 Å². The van der Waals surface area contributed by atoms with E-state index in [1.165, 1.54) is 25.8 Å². The summed E-state index contributed by atoms with van der Waals surface area (Å²) in [6.45, 7) is 2.38. The van der Waals surface area contributed by atoms with E-state index in [9.17, 15) is 4.79 Å².